The summed E-state index contributed by atoms with van der Waals surface area (Å²) in [5.41, 5.74) is 0.343. The van der Waals surface area contributed by atoms with Gasteiger partial charge in [-0.15, -0.1) is 0 Å². The Hall–Kier alpha value is -0.770. The minimum atomic E-state index is -2.55. The second kappa shape index (κ2) is 5.08. The number of nitrogens with zero attached hydrogens (tertiary/aromatic N) is 3. The molecule has 0 atom stereocenters. The Kier molecular flexibility index (Phi) is 3.85. The number of halogens is 3. The van der Waals surface area contributed by atoms with E-state index in [9.17, 15) is 13.6 Å². The molecule has 0 aromatic carbocycles. The quantitative estimate of drug-likeness (QED) is 0.795. The Morgan fingerprint density at radius 2 is 2.28 bits per heavy atom. The number of nitrogens with one attached hydrogen (secondary N) is 1. The third kappa shape index (κ3) is 3.16. The summed E-state index contributed by atoms with van der Waals surface area (Å²) >= 11 is 2.07. The average Bonchev–Trinajstić information content (AvgIpc) is 2.56. The zero-order chi connectivity index (χ0) is 13.3. The van der Waals surface area contributed by atoms with Crippen molar-refractivity contribution in [2.24, 2.45) is 7.05 Å². The lowest BCUT2D eigenvalue weighted by atomic mass is 10.1. The van der Waals surface area contributed by atoms with Crippen LogP contribution in [0, 0.1) is 3.70 Å². The van der Waals surface area contributed by atoms with E-state index in [1.54, 1.807) is 22.7 Å². The van der Waals surface area contributed by atoms with Crippen molar-refractivity contribution in [2.75, 3.05) is 26.2 Å². The maximum Gasteiger partial charge on any atom is 0.272 e. The summed E-state index contributed by atoms with van der Waals surface area (Å²) in [4.78, 5) is 13.3. The van der Waals surface area contributed by atoms with Gasteiger partial charge in [0, 0.05) is 26.2 Å². The van der Waals surface area contributed by atoms with Gasteiger partial charge in [-0.25, -0.2) is 8.78 Å². The summed E-state index contributed by atoms with van der Waals surface area (Å²) in [5.74, 6) is -2.83. The third-order valence-electron chi connectivity index (χ3n) is 2.68. The first-order chi connectivity index (χ1) is 8.37. The van der Waals surface area contributed by atoms with Crippen molar-refractivity contribution in [3.05, 3.63) is 15.5 Å². The van der Waals surface area contributed by atoms with Crippen LogP contribution >= 0.6 is 22.6 Å². The Bertz CT molecular complexity index is 435. The highest BCUT2D eigenvalue weighted by Gasteiger charge is 2.43. The van der Waals surface area contributed by atoms with Crippen LogP contribution in [0.15, 0.2) is 6.07 Å². The molecule has 0 saturated carbocycles. The van der Waals surface area contributed by atoms with Crippen LogP contribution in [0.4, 0.5) is 8.78 Å². The highest BCUT2D eigenvalue weighted by molar-refractivity contribution is 14.1. The summed E-state index contributed by atoms with van der Waals surface area (Å²) in [7, 11) is 1.75. The van der Waals surface area contributed by atoms with Gasteiger partial charge >= 0.3 is 0 Å². The molecule has 1 N–H and O–H groups in total. The molecular weight excluding hydrogens is 357 g/mol. The lowest BCUT2D eigenvalue weighted by molar-refractivity contribution is -0.129. The summed E-state index contributed by atoms with van der Waals surface area (Å²) in [5, 5.41) is 6.69. The minimum absolute atomic E-state index is 0.218. The number of amides is 1. The van der Waals surface area contributed by atoms with Crippen LogP contribution in [0.5, 0.6) is 0 Å². The van der Waals surface area contributed by atoms with Crippen molar-refractivity contribution in [3.8, 4) is 0 Å². The van der Waals surface area contributed by atoms with Gasteiger partial charge in [-0.3, -0.25) is 14.4 Å². The smallest absolute Gasteiger partial charge is 0.272 e. The molecule has 5 nitrogen and oxygen atoms in total. The molecule has 1 saturated heterocycles. The number of aromatic nitrogens is 2. The van der Waals surface area contributed by atoms with E-state index in [4.69, 9.17) is 0 Å². The molecule has 1 aromatic heterocycles. The van der Waals surface area contributed by atoms with Gasteiger partial charge < -0.3 is 5.32 Å². The van der Waals surface area contributed by atoms with Gasteiger partial charge in [0.15, 0.2) is 5.69 Å². The first-order valence-electron chi connectivity index (χ1n) is 5.45. The molecule has 1 aromatic rings. The van der Waals surface area contributed by atoms with E-state index in [1.807, 2.05) is 0 Å². The predicted molar refractivity (Wildman–Crippen MR) is 69.6 cm³/mol. The summed E-state index contributed by atoms with van der Waals surface area (Å²) < 4.78 is 27.6. The number of alkyl halides is 2. The van der Waals surface area contributed by atoms with E-state index in [0.29, 0.717) is 18.8 Å². The van der Waals surface area contributed by atoms with Gasteiger partial charge in [-0.05, 0) is 22.6 Å². The molecule has 0 unspecified atom stereocenters. The first-order valence-corrected chi connectivity index (χ1v) is 6.53. The minimum Gasteiger partial charge on any atom is -0.349 e. The molecule has 2 rings (SSSR count). The van der Waals surface area contributed by atoms with Gasteiger partial charge in [0.05, 0.1) is 16.8 Å². The third-order valence-corrected chi connectivity index (χ3v) is 3.69. The van der Waals surface area contributed by atoms with Crippen molar-refractivity contribution in [3.63, 3.8) is 0 Å². The topological polar surface area (TPSA) is 50.2 Å². The fourth-order valence-electron chi connectivity index (χ4n) is 1.74. The number of rotatable bonds is 4. The Balaban J connectivity index is 1.72. The second-order valence-corrected chi connectivity index (χ2v) is 5.40. The van der Waals surface area contributed by atoms with Crippen molar-refractivity contribution < 1.29 is 13.6 Å². The van der Waals surface area contributed by atoms with Gasteiger partial charge in [0.1, 0.15) is 0 Å². The first kappa shape index (κ1) is 13.7. The normalized spacial score (nSPS) is 18.4. The number of likely N-dealkylation sites (tertiary alicyclic amines) is 1. The number of hydrogen-bond donors (Lipinski definition) is 1. The molecule has 100 valence electrons. The largest absolute Gasteiger partial charge is 0.349 e. The van der Waals surface area contributed by atoms with Crippen molar-refractivity contribution >= 4 is 28.5 Å². The molecule has 0 spiro atoms. The second-order valence-electron chi connectivity index (χ2n) is 4.30. The van der Waals surface area contributed by atoms with E-state index in [-0.39, 0.29) is 19.0 Å². The molecule has 1 aliphatic rings. The Morgan fingerprint density at radius 1 is 1.61 bits per heavy atom. The lowest BCUT2D eigenvalue weighted by Gasteiger charge is -2.38. The number of aryl methyl sites for hydroxylation is 1. The van der Waals surface area contributed by atoms with E-state index in [0.717, 1.165) is 3.70 Å². The zero-order valence-electron chi connectivity index (χ0n) is 9.79. The van der Waals surface area contributed by atoms with Crippen LogP contribution in [0.25, 0.3) is 0 Å². The van der Waals surface area contributed by atoms with Crippen LogP contribution < -0.4 is 5.32 Å². The van der Waals surface area contributed by atoms with Crippen LogP contribution in [0.2, 0.25) is 0 Å². The zero-order valence-corrected chi connectivity index (χ0v) is 11.9. The van der Waals surface area contributed by atoms with Gasteiger partial charge in [-0.2, -0.15) is 5.10 Å². The summed E-state index contributed by atoms with van der Waals surface area (Å²) in [6, 6.07) is 1.67. The predicted octanol–water partition coefficient (Wildman–Crippen LogP) is 0.705. The Morgan fingerprint density at radius 3 is 2.78 bits per heavy atom. The molecule has 8 heteroatoms. The number of hydrogen-bond acceptors (Lipinski definition) is 3. The fraction of sp³-hybridized carbons (Fsp3) is 0.600. The summed E-state index contributed by atoms with van der Waals surface area (Å²) in [6.07, 6.45) is 0. The SMILES string of the molecule is Cn1nc(C(=O)NCCN2CC(F)(F)C2)cc1I. The molecule has 1 aliphatic heterocycles. The van der Waals surface area contributed by atoms with E-state index >= 15 is 0 Å². The monoisotopic (exact) mass is 370 g/mol. The van der Waals surface area contributed by atoms with Crippen LogP contribution in [0.1, 0.15) is 10.5 Å². The van der Waals surface area contributed by atoms with Crippen molar-refractivity contribution in [1.29, 1.82) is 0 Å². The van der Waals surface area contributed by atoms with Crippen LogP contribution in [0.3, 0.4) is 0 Å². The van der Waals surface area contributed by atoms with Crippen LogP contribution in [-0.4, -0.2) is 52.7 Å². The highest BCUT2D eigenvalue weighted by Crippen LogP contribution is 2.25. The number of carbonyl (C=O) groups is 1. The number of carbonyl (C=O) groups excluding carboxylic acids is 1. The maximum absolute atomic E-state index is 12.5. The van der Waals surface area contributed by atoms with Crippen molar-refractivity contribution in [2.45, 2.75) is 5.92 Å². The average molecular weight is 370 g/mol. The summed E-state index contributed by atoms with van der Waals surface area (Å²) in [6.45, 7) is 0.349. The Labute approximate surface area is 117 Å². The van der Waals surface area contributed by atoms with E-state index in [2.05, 4.69) is 33.0 Å². The van der Waals surface area contributed by atoms with Crippen LogP contribution in [-0.2, 0) is 7.05 Å². The molecule has 0 bridgehead atoms. The molecule has 0 aliphatic carbocycles. The van der Waals surface area contributed by atoms with Gasteiger partial charge in [0.25, 0.3) is 11.8 Å². The molecule has 0 radical (unpaired) electrons. The fourth-order valence-corrected chi connectivity index (χ4v) is 2.14. The van der Waals surface area contributed by atoms with E-state index in [1.165, 1.54) is 0 Å². The molecule has 18 heavy (non-hydrogen) atoms. The standard InChI is InChI=1S/C10H13F2IN4O/c1-16-8(13)4-7(15-16)9(18)14-2-3-17-5-10(11,12)6-17/h4H,2-3,5-6H2,1H3,(H,14,18). The van der Waals surface area contributed by atoms with E-state index < -0.39 is 5.92 Å². The molecule has 2 heterocycles. The van der Waals surface area contributed by atoms with Gasteiger partial charge in [-0.1, -0.05) is 0 Å². The highest BCUT2D eigenvalue weighted by atomic mass is 127. The van der Waals surface area contributed by atoms with Crippen molar-refractivity contribution in [1.82, 2.24) is 20.0 Å². The maximum atomic E-state index is 12.5. The molecule has 1 amide bonds. The lowest BCUT2D eigenvalue weighted by Crippen LogP contribution is -2.57. The molecular formula is C10H13F2IN4O. The molecule has 1 fully saturated rings. The van der Waals surface area contributed by atoms with Gasteiger partial charge in [0.2, 0.25) is 0 Å².